The standard InChI is InChI=1S/C12H17N3O2/c1-3-14-12(16)9-4-10(6-13-5-9)15-7-11(8-15)17-2/h4-6,11H,3,7-8H2,1-2H3,(H,14,16). The summed E-state index contributed by atoms with van der Waals surface area (Å²) >= 11 is 0. The normalized spacial score (nSPS) is 15.5. The number of ether oxygens (including phenoxy) is 1. The van der Waals surface area contributed by atoms with Crippen molar-refractivity contribution >= 4 is 11.6 Å². The summed E-state index contributed by atoms with van der Waals surface area (Å²) in [7, 11) is 1.71. The van der Waals surface area contributed by atoms with Crippen LogP contribution in [0.5, 0.6) is 0 Å². The molecule has 0 bridgehead atoms. The Hall–Kier alpha value is -1.62. The van der Waals surface area contributed by atoms with E-state index < -0.39 is 0 Å². The average molecular weight is 235 g/mol. The van der Waals surface area contributed by atoms with Crippen LogP contribution in [-0.4, -0.2) is 43.7 Å². The monoisotopic (exact) mass is 235 g/mol. The number of carbonyl (C=O) groups is 1. The predicted octanol–water partition coefficient (Wildman–Crippen LogP) is 0.666. The molecule has 1 fully saturated rings. The van der Waals surface area contributed by atoms with Crippen LogP contribution in [0, 0.1) is 0 Å². The number of aromatic nitrogens is 1. The van der Waals surface area contributed by atoms with Crippen LogP contribution in [0.15, 0.2) is 18.5 Å². The number of hydrogen-bond donors (Lipinski definition) is 1. The van der Waals surface area contributed by atoms with Crippen LogP contribution >= 0.6 is 0 Å². The molecule has 2 rings (SSSR count). The van der Waals surface area contributed by atoms with Crippen LogP contribution in [0.2, 0.25) is 0 Å². The molecule has 92 valence electrons. The molecule has 0 aromatic carbocycles. The summed E-state index contributed by atoms with van der Waals surface area (Å²) in [4.78, 5) is 17.9. The second-order valence-corrected chi connectivity index (χ2v) is 4.05. The Morgan fingerprint density at radius 3 is 3.00 bits per heavy atom. The minimum absolute atomic E-state index is 0.0781. The molecule has 17 heavy (non-hydrogen) atoms. The molecule has 5 heteroatoms. The molecule has 1 N–H and O–H groups in total. The molecule has 5 nitrogen and oxygen atoms in total. The number of rotatable bonds is 4. The SMILES string of the molecule is CCNC(=O)c1cncc(N2CC(OC)C2)c1. The van der Waals surface area contributed by atoms with Gasteiger partial charge in [-0.3, -0.25) is 9.78 Å². The van der Waals surface area contributed by atoms with E-state index >= 15 is 0 Å². The van der Waals surface area contributed by atoms with Crippen LogP contribution < -0.4 is 10.2 Å². The summed E-state index contributed by atoms with van der Waals surface area (Å²) < 4.78 is 5.21. The largest absolute Gasteiger partial charge is 0.378 e. The molecule has 1 aliphatic heterocycles. The van der Waals surface area contributed by atoms with E-state index in [1.54, 1.807) is 19.5 Å². The molecule has 1 aromatic rings. The number of carbonyl (C=O) groups excluding carboxylic acids is 1. The summed E-state index contributed by atoms with van der Waals surface area (Å²) in [5, 5.41) is 2.76. The van der Waals surface area contributed by atoms with E-state index in [2.05, 4.69) is 15.2 Å². The molecule has 0 spiro atoms. The van der Waals surface area contributed by atoms with Crippen molar-refractivity contribution in [2.45, 2.75) is 13.0 Å². The lowest BCUT2D eigenvalue weighted by molar-refractivity contribution is 0.0787. The zero-order valence-corrected chi connectivity index (χ0v) is 10.1. The number of nitrogens with one attached hydrogen (secondary N) is 1. The Labute approximate surface area is 101 Å². The summed E-state index contributed by atoms with van der Waals surface area (Å²) in [6.07, 6.45) is 3.65. The lowest BCUT2D eigenvalue weighted by Crippen LogP contribution is -2.52. The van der Waals surface area contributed by atoms with Crippen molar-refractivity contribution in [1.29, 1.82) is 0 Å². The highest BCUT2D eigenvalue weighted by Gasteiger charge is 2.27. The summed E-state index contributed by atoms with van der Waals surface area (Å²) in [6, 6.07) is 1.86. The van der Waals surface area contributed by atoms with Gasteiger partial charge in [0.2, 0.25) is 0 Å². The molecular formula is C12H17N3O2. The van der Waals surface area contributed by atoms with Crippen molar-refractivity contribution in [3.63, 3.8) is 0 Å². The van der Waals surface area contributed by atoms with Crippen LogP contribution in [-0.2, 0) is 4.74 Å². The van der Waals surface area contributed by atoms with Gasteiger partial charge in [0.15, 0.2) is 0 Å². The van der Waals surface area contributed by atoms with E-state index in [0.717, 1.165) is 18.8 Å². The second kappa shape index (κ2) is 5.14. The molecule has 0 aliphatic carbocycles. The quantitative estimate of drug-likeness (QED) is 0.833. The molecule has 1 saturated heterocycles. The van der Waals surface area contributed by atoms with E-state index in [1.807, 2.05) is 13.0 Å². The van der Waals surface area contributed by atoms with Crippen LogP contribution in [0.3, 0.4) is 0 Å². The summed E-state index contributed by atoms with van der Waals surface area (Å²) in [5.74, 6) is -0.0781. The zero-order chi connectivity index (χ0) is 12.3. The smallest absolute Gasteiger partial charge is 0.252 e. The van der Waals surface area contributed by atoms with Gasteiger partial charge < -0.3 is 15.0 Å². The van der Waals surface area contributed by atoms with Gasteiger partial charge in [0.1, 0.15) is 0 Å². The number of amides is 1. The third kappa shape index (κ3) is 2.55. The van der Waals surface area contributed by atoms with E-state index in [9.17, 15) is 4.79 Å². The van der Waals surface area contributed by atoms with Crippen LogP contribution in [0.4, 0.5) is 5.69 Å². The first-order chi connectivity index (χ1) is 8.24. The minimum atomic E-state index is -0.0781. The number of hydrogen-bond acceptors (Lipinski definition) is 4. The fourth-order valence-electron chi connectivity index (χ4n) is 1.79. The Morgan fingerprint density at radius 2 is 2.35 bits per heavy atom. The van der Waals surface area contributed by atoms with Crippen molar-refractivity contribution in [3.05, 3.63) is 24.0 Å². The molecular weight excluding hydrogens is 218 g/mol. The van der Waals surface area contributed by atoms with Gasteiger partial charge in [0, 0.05) is 32.9 Å². The number of methoxy groups -OCH3 is 1. The highest BCUT2D eigenvalue weighted by Crippen LogP contribution is 2.21. The second-order valence-electron chi connectivity index (χ2n) is 4.05. The van der Waals surface area contributed by atoms with Crippen LogP contribution in [0.25, 0.3) is 0 Å². The average Bonchev–Trinajstić information content (AvgIpc) is 2.28. The fraction of sp³-hybridized carbons (Fsp3) is 0.500. The Balaban J connectivity index is 2.05. The Morgan fingerprint density at radius 1 is 1.59 bits per heavy atom. The first-order valence-electron chi connectivity index (χ1n) is 5.75. The van der Waals surface area contributed by atoms with Crippen LogP contribution in [0.1, 0.15) is 17.3 Å². The highest BCUT2D eigenvalue weighted by molar-refractivity contribution is 5.94. The topological polar surface area (TPSA) is 54.5 Å². The maximum atomic E-state index is 11.7. The lowest BCUT2D eigenvalue weighted by Gasteiger charge is -2.39. The Bertz CT molecular complexity index is 402. The number of pyridine rings is 1. The lowest BCUT2D eigenvalue weighted by atomic mass is 10.1. The summed E-state index contributed by atoms with van der Waals surface area (Å²) in [6.45, 7) is 4.24. The Kier molecular flexibility index (Phi) is 3.58. The third-order valence-corrected chi connectivity index (χ3v) is 2.87. The first kappa shape index (κ1) is 11.9. The summed E-state index contributed by atoms with van der Waals surface area (Å²) in [5.41, 5.74) is 1.58. The van der Waals surface area contributed by atoms with E-state index in [-0.39, 0.29) is 5.91 Å². The van der Waals surface area contributed by atoms with Gasteiger partial charge >= 0.3 is 0 Å². The highest BCUT2D eigenvalue weighted by atomic mass is 16.5. The molecule has 0 radical (unpaired) electrons. The zero-order valence-electron chi connectivity index (χ0n) is 10.1. The molecule has 0 unspecified atom stereocenters. The van der Waals surface area contributed by atoms with Gasteiger partial charge in [-0.15, -0.1) is 0 Å². The van der Waals surface area contributed by atoms with Crippen molar-refractivity contribution in [3.8, 4) is 0 Å². The van der Waals surface area contributed by atoms with E-state index in [0.29, 0.717) is 18.2 Å². The van der Waals surface area contributed by atoms with Gasteiger partial charge in [-0.05, 0) is 13.0 Å². The van der Waals surface area contributed by atoms with Crippen molar-refractivity contribution in [2.75, 3.05) is 31.6 Å². The van der Waals surface area contributed by atoms with E-state index in [4.69, 9.17) is 4.74 Å². The molecule has 0 atom stereocenters. The van der Waals surface area contributed by atoms with Gasteiger partial charge in [0.05, 0.1) is 23.6 Å². The number of nitrogens with zero attached hydrogens (tertiary/aromatic N) is 2. The molecule has 0 saturated carbocycles. The number of anilines is 1. The van der Waals surface area contributed by atoms with Gasteiger partial charge in [-0.1, -0.05) is 0 Å². The van der Waals surface area contributed by atoms with Gasteiger partial charge in [0.25, 0.3) is 5.91 Å². The molecule has 1 aliphatic rings. The molecule has 1 amide bonds. The van der Waals surface area contributed by atoms with Crippen molar-refractivity contribution < 1.29 is 9.53 Å². The maximum Gasteiger partial charge on any atom is 0.252 e. The van der Waals surface area contributed by atoms with Gasteiger partial charge in [-0.2, -0.15) is 0 Å². The van der Waals surface area contributed by atoms with Crippen molar-refractivity contribution in [1.82, 2.24) is 10.3 Å². The third-order valence-electron chi connectivity index (χ3n) is 2.87. The minimum Gasteiger partial charge on any atom is -0.378 e. The fourth-order valence-corrected chi connectivity index (χ4v) is 1.79. The van der Waals surface area contributed by atoms with Gasteiger partial charge in [-0.25, -0.2) is 0 Å². The first-order valence-corrected chi connectivity index (χ1v) is 5.75. The van der Waals surface area contributed by atoms with E-state index in [1.165, 1.54) is 0 Å². The van der Waals surface area contributed by atoms with Crippen molar-refractivity contribution in [2.24, 2.45) is 0 Å². The maximum absolute atomic E-state index is 11.7. The predicted molar refractivity (Wildman–Crippen MR) is 65.3 cm³/mol. The molecule has 2 heterocycles. The molecule has 1 aromatic heterocycles.